The summed E-state index contributed by atoms with van der Waals surface area (Å²) in [6.07, 6.45) is 5.76. The van der Waals surface area contributed by atoms with Gasteiger partial charge in [0.15, 0.2) is 5.82 Å². The molecule has 1 atom stereocenters. The van der Waals surface area contributed by atoms with Gasteiger partial charge in [-0.05, 0) is 37.2 Å². The van der Waals surface area contributed by atoms with Crippen LogP contribution in [0.1, 0.15) is 56.9 Å². The molecular formula is C16H28N4. The van der Waals surface area contributed by atoms with Crippen molar-refractivity contribution in [3.63, 3.8) is 0 Å². The lowest BCUT2D eigenvalue weighted by Gasteiger charge is -2.34. The van der Waals surface area contributed by atoms with E-state index in [9.17, 15) is 0 Å². The number of hydrogen-bond donors (Lipinski definition) is 1. The van der Waals surface area contributed by atoms with Gasteiger partial charge < -0.3 is 10.6 Å². The quantitative estimate of drug-likeness (QED) is 0.898. The Kier molecular flexibility index (Phi) is 5.35. The van der Waals surface area contributed by atoms with Gasteiger partial charge >= 0.3 is 0 Å². The monoisotopic (exact) mass is 276 g/mol. The Morgan fingerprint density at radius 3 is 2.55 bits per heavy atom. The van der Waals surface area contributed by atoms with Crippen molar-refractivity contribution >= 4 is 5.82 Å². The first-order valence-corrected chi connectivity index (χ1v) is 8.07. The zero-order chi connectivity index (χ0) is 14.5. The number of nitrogens with zero attached hydrogens (tertiary/aromatic N) is 3. The average Bonchev–Trinajstić information content (AvgIpc) is 2.53. The second-order valence-electron chi connectivity index (χ2n) is 5.70. The third-order valence-corrected chi connectivity index (χ3v) is 4.54. The number of aromatic nitrogens is 2. The van der Waals surface area contributed by atoms with E-state index in [4.69, 9.17) is 5.73 Å². The molecular weight excluding hydrogens is 248 g/mol. The number of rotatable bonds is 5. The molecule has 1 aromatic heterocycles. The Bertz CT molecular complexity index is 444. The fraction of sp³-hybridized carbons (Fsp3) is 0.750. The van der Waals surface area contributed by atoms with Crippen LogP contribution in [-0.4, -0.2) is 23.3 Å². The highest BCUT2D eigenvalue weighted by Crippen LogP contribution is 2.28. The number of aryl methyl sites for hydroxylation is 1. The highest BCUT2D eigenvalue weighted by atomic mass is 15.3. The Morgan fingerprint density at radius 1 is 1.15 bits per heavy atom. The van der Waals surface area contributed by atoms with Crippen LogP contribution in [0, 0.1) is 5.92 Å². The van der Waals surface area contributed by atoms with E-state index in [1.807, 2.05) is 0 Å². The molecule has 0 aromatic carbocycles. The summed E-state index contributed by atoms with van der Waals surface area (Å²) >= 11 is 0. The van der Waals surface area contributed by atoms with Crippen LogP contribution in [0.3, 0.4) is 0 Å². The van der Waals surface area contributed by atoms with Gasteiger partial charge in [0.1, 0.15) is 0 Å². The van der Waals surface area contributed by atoms with Crippen LogP contribution in [-0.2, 0) is 19.4 Å². The molecule has 0 bridgehead atoms. The van der Waals surface area contributed by atoms with Gasteiger partial charge in [-0.1, -0.05) is 27.2 Å². The standard InChI is InChI=1S/C16H28N4/c1-4-12-8-7-9-20(11-12)16-14(10-17)13(5-2)15(6-3)18-19-16/h12H,4-11,17H2,1-3H3. The van der Waals surface area contributed by atoms with Crippen LogP contribution in [0.4, 0.5) is 5.82 Å². The molecule has 0 saturated carbocycles. The molecule has 20 heavy (non-hydrogen) atoms. The lowest BCUT2D eigenvalue weighted by atomic mass is 9.94. The second kappa shape index (κ2) is 7.02. The summed E-state index contributed by atoms with van der Waals surface area (Å²) in [6.45, 7) is 9.36. The molecule has 112 valence electrons. The van der Waals surface area contributed by atoms with Crippen molar-refractivity contribution in [3.05, 3.63) is 16.8 Å². The normalized spacial score (nSPS) is 19.4. The van der Waals surface area contributed by atoms with Gasteiger partial charge in [-0.25, -0.2) is 0 Å². The van der Waals surface area contributed by atoms with E-state index in [-0.39, 0.29) is 0 Å². The number of piperidine rings is 1. The van der Waals surface area contributed by atoms with E-state index in [0.717, 1.165) is 43.4 Å². The molecule has 0 amide bonds. The van der Waals surface area contributed by atoms with E-state index in [1.165, 1.54) is 30.4 Å². The molecule has 2 heterocycles. The van der Waals surface area contributed by atoms with Crippen molar-refractivity contribution in [1.82, 2.24) is 10.2 Å². The maximum Gasteiger partial charge on any atom is 0.156 e. The van der Waals surface area contributed by atoms with Gasteiger partial charge in [-0.15, -0.1) is 5.10 Å². The SMILES string of the molecule is CCc1nnc(N2CCCC(CC)C2)c(CN)c1CC. The molecule has 2 N–H and O–H groups in total. The van der Waals surface area contributed by atoms with Crippen molar-refractivity contribution in [2.24, 2.45) is 11.7 Å². The third-order valence-electron chi connectivity index (χ3n) is 4.54. The molecule has 0 spiro atoms. The Balaban J connectivity index is 2.35. The summed E-state index contributed by atoms with van der Waals surface area (Å²) in [5.41, 5.74) is 9.68. The molecule has 0 aliphatic carbocycles. The number of nitrogens with two attached hydrogens (primary N) is 1. The zero-order valence-electron chi connectivity index (χ0n) is 13.2. The van der Waals surface area contributed by atoms with Crippen molar-refractivity contribution in [2.75, 3.05) is 18.0 Å². The predicted molar refractivity (Wildman–Crippen MR) is 83.9 cm³/mol. The summed E-state index contributed by atoms with van der Waals surface area (Å²) in [5.74, 6) is 1.83. The van der Waals surface area contributed by atoms with Crippen molar-refractivity contribution < 1.29 is 0 Å². The molecule has 1 aromatic rings. The molecule has 1 saturated heterocycles. The predicted octanol–water partition coefficient (Wildman–Crippen LogP) is 2.69. The maximum absolute atomic E-state index is 6.03. The van der Waals surface area contributed by atoms with Gasteiger partial charge in [-0.3, -0.25) is 0 Å². The van der Waals surface area contributed by atoms with Gasteiger partial charge in [0.2, 0.25) is 0 Å². The largest absolute Gasteiger partial charge is 0.355 e. The molecule has 4 nitrogen and oxygen atoms in total. The summed E-state index contributed by atoms with van der Waals surface area (Å²) in [6, 6.07) is 0. The van der Waals surface area contributed by atoms with E-state index in [1.54, 1.807) is 0 Å². The van der Waals surface area contributed by atoms with Crippen LogP contribution in [0.25, 0.3) is 0 Å². The lowest BCUT2D eigenvalue weighted by Crippen LogP contribution is -2.37. The topological polar surface area (TPSA) is 55.0 Å². The highest BCUT2D eigenvalue weighted by molar-refractivity contribution is 5.51. The molecule has 1 aliphatic rings. The molecule has 2 rings (SSSR count). The van der Waals surface area contributed by atoms with Crippen LogP contribution >= 0.6 is 0 Å². The first-order chi connectivity index (χ1) is 9.74. The average molecular weight is 276 g/mol. The molecule has 1 aliphatic heterocycles. The fourth-order valence-corrected chi connectivity index (χ4v) is 3.30. The number of hydrogen-bond acceptors (Lipinski definition) is 4. The summed E-state index contributed by atoms with van der Waals surface area (Å²) in [4.78, 5) is 2.41. The van der Waals surface area contributed by atoms with E-state index in [0.29, 0.717) is 6.54 Å². The minimum Gasteiger partial charge on any atom is -0.355 e. The summed E-state index contributed by atoms with van der Waals surface area (Å²) in [7, 11) is 0. The van der Waals surface area contributed by atoms with Gasteiger partial charge in [-0.2, -0.15) is 5.10 Å². The van der Waals surface area contributed by atoms with Crippen molar-refractivity contribution in [1.29, 1.82) is 0 Å². The molecule has 1 unspecified atom stereocenters. The van der Waals surface area contributed by atoms with E-state index < -0.39 is 0 Å². The maximum atomic E-state index is 6.03. The Morgan fingerprint density at radius 2 is 1.95 bits per heavy atom. The molecule has 4 heteroatoms. The van der Waals surface area contributed by atoms with Crippen LogP contribution in [0.15, 0.2) is 0 Å². The van der Waals surface area contributed by atoms with Crippen LogP contribution in [0.2, 0.25) is 0 Å². The highest BCUT2D eigenvalue weighted by Gasteiger charge is 2.23. The lowest BCUT2D eigenvalue weighted by molar-refractivity contribution is 0.401. The number of anilines is 1. The first kappa shape index (κ1) is 15.2. The fourth-order valence-electron chi connectivity index (χ4n) is 3.30. The first-order valence-electron chi connectivity index (χ1n) is 8.07. The molecule has 0 radical (unpaired) electrons. The van der Waals surface area contributed by atoms with Gasteiger partial charge in [0.25, 0.3) is 0 Å². The minimum absolute atomic E-state index is 0.564. The Hall–Kier alpha value is -1.16. The van der Waals surface area contributed by atoms with E-state index >= 15 is 0 Å². The summed E-state index contributed by atoms with van der Waals surface area (Å²) in [5, 5.41) is 8.97. The Labute approximate surface area is 122 Å². The van der Waals surface area contributed by atoms with Crippen LogP contribution in [0.5, 0.6) is 0 Å². The third kappa shape index (κ3) is 2.95. The van der Waals surface area contributed by atoms with E-state index in [2.05, 4.69) is 35.9 Å². The second-order valence-corrected chi connectivity index (χ2v) is 5.70. The smallest absolute Gasteiger partial charge is 0.156 e. The minimum atomic E-state index is 0.564. The zero-order valence-corrected chi connectivity index (χ0v) is 13.2. The summed E-state index contributed by atoms with van der Waals surface area (Å²) < 4.78 is 0. The van der Waals surface area contributed by atoms with Crippen molar-refractivity contribution in [3.8, 4) is 0 Å². The molecule has 1 fully saturated rings. The van der Waals surface area contributed by atoms with Crippen molar-refractivity contribution in [2.45, 2.75) is 59.4 Å². The van der Waals surface area contributed by atoms with Gasteiger partial charge in [0, 0.05) is 25.2 Å². The van der Waals surface area contributed by atoms with Crippen LogP contribution < -0.4 is 10.6 Å². The van der Waals surface area contributed by atoms with Gasteiger partial charge in [0.05, 0.1) is 5.69 Å².